The molecule has 0 aliphatic heterocycles. The monoisotopic (exact) mass is 413 g/mol. The quantitative estimate of drug-likeness (QED) is 0.594. The van der Waals surface area contributed by atoms with Crippen LogP contribution >= 0.6 is 31.9 Å². The molecule has 1 nitrogen and oxygen atoms in total. The van der Waals surface area contributed by atoms with Gasteiger partial charge in [0.2, 0.25) is 0 Å². The lowest BCUT2D eigenvalue weighted by atomic mass is 9.82. The molecule has 4 unspecified atom stereocenters. The summed E-state index contributed by atoms with van der Waals surface area (Å²) in [5, 5.41) is 3.79. The first-order valence-electron chi connectivity index (χ1n) is 8.35. The van der Waals surface area contributed by atoms with Crippen molar-refractivity contribution in [3.05, 3.63) is 32.7 Å². The number of benzene rings is 1. The van der Waals surface area contributed by atoms with Crippen molar-refractivity contribution in [3.8, 4) is 0 Å². The number of hydrogen-bond donors (Lipinski definition) is 1. The fourth-order valence-corrected chi connectivity index (χ4v) is 5.29. The molecule has 0 radical (unpaired) electrons. The van der Waals surface area contributed by atoms with Gasteiger partial charge in [0.15, 0.2) is 0 Å². The molecule has 4 atom stereocenters. The predicted octanol–water partition coefficient (Wildman–Crippen LogP) is 6.08. The van der Waals surface area contributed by atoms with E-state index in [0.29, 0.717) is 6.04 Å². The second-order valence-electron chi connectivity index (χ2n) is 6.84. The van der Waals surface area contributed by atoms with Crippen LogP contribution in [0.5, 0.6) is 0 Å². The molecule has 0 amide bonds. The smallest absolute Gasteiger partial charge is 0.0334 e. The van der Waals surface area contributed by atoms with Crippen LogP contribution < -0.4 is 5.32 Å². The third-order valence-corrected chi connectivity index (χ3v) is 6.61. The maximum absolute atomic E-state index is 3.79. The average Bonchev–Trinajstić information content (AvgIpc) is 3.08. The topological polar surface area (TPSA) is 12.0 Å². The third-order valence-electron chi connectivity index (χ3n) is 5.40. The molecule has 1 aromatic rings. The molecule has 1 aromatic carbocycles. The van der Waals surface area contributed by atoms with Gasteiger partial charge in [-0.05, 0) is 80.2 Å². The van der Waals surface area contributed by atoms with Crippen LogP contribution in [0.2, 0.25) is 0 Å². The fraction of sp³-hybridized carbons (Fsp3) is 0.667. The van der Waals surface area contributed by atoms with E-state index < -0.39 is 0 Å². The van der Waals surface area contributed by atoms with Gasteiger partial charge in [0, 0.05) is 15.0 Å². The fourth-order valence-electron chi connectivity index (χ4n) is 4.39. The highest BCUT2D eigenvalue weighted by Gasteiger charge is 2.40. The largest absolute Gasteiger partial charge is 0.310 e. The molecule has 1 N–H and O–H groups in total. The highest BCUT2D eigenvalue weighted by molar-refractivity contribution is 9.11. The summed E-state index contributed by atoms with van der Waals surface area (Å²) in [6.07, 6.45) is 8.45. The van der Waals surface area contributed by atoms with Gasteiger partial charge in [0.05, 0.1) is 0 Å². The summed E-state index contributed by atoms with van der Waals surface area (Å²) < 4.78 is 2.42. The maximum Gasteiger partial charge on any atom is 0.0334 e. The Kier molecular flexibility index (Phi) is 5.45. The van der Waals surface area contributed by atoms with Gasteiger partial charge in [0.1, 0.15) is 0 Å². The molecule has 0 aromatic heterocycles. The van der Waals surface area contributed by atoms with Gasteiger partial charge in [0.25, 0.3) is 0 Å². The molecular formula is C18H25Br2N. The summed E-state index contributed by atoms with van der Waals surface area (Å²) in [5.74, 6) is 2.98. The molecule has 0 saturated heterocycles. The van der Waals surface area contributed by atoms with E-state index in [2.05, 4.69) is 62.3 Å². The van der Waals surface area contributed by atoms with E-state index in [1.165, 1.54) is 53.0 Å². The van der Waals surface area contributed by atoms with Crippen LogP contribution in [0.3, 0.4) is 0 Å². The van der Waals surface area contributed by atoms with Crippen LogP contribution in [0.4, 0.5) is 0 Å². The van der Waals surface area contributed by atoms with Crippen LogP contribution in [-0.2, 0) is 0 Å². The van der Waals surface area contributed by atoms with Crippen molar-refractivity contribution in [2.45, 2.75) is 51.5 Å². The summed E-state index contributed by atoms with van der Waals surface area (Å²) in [5.41, 5.74) is 1.42. The van der Waals surface area contributed by atoms with Gasteiger partial charge >= 0.3 is 0 Å². The lowest BCUT2D eigenvalue weighted by Gasteiger charge is -2.28. The van der Waals surface area contributed by atoms with E-state index >= 15 is 0 Å². The van der Waals surface area contributed by atoms with Crippen LogP contribution in [0, 0.1) is 17.8 Å². The molecule has 2 aliphatic carbocycles. The molecule has 2 fully saturated rings. The summed E-state index contributed by atoms with van der Waals surface area (Å²) in [7, 11) is 0. The Hall–Kier alpha value is 0.140. The van der Waals surface area contributed by atoms with Crippen molar-refractivity contribution in [2.75, 3.05) is 6.54 Å². The average molecular weight is 415 g/mol. The molecule has 2 saturated carbocycles. The molecule has 3 heteroatoms. The lowest BCUT2D eigenvalue weighted by molar-refractivity contribution is 0.279. The van der Waals surface area contributed by atoms with Gasteiger partial charge < -0.3 is 5.32 Å². The van der Waals surface area contributed by atoms with Crippen molar-refractivity contribution in [2.24, 2.45) is 17.8 Å². The first kappa shape index (κ1) is 16.0. The number of hydrogen-bond acceptors (Lipinski definition) is 1. The Morgan fingerprint density at radius 2 is 2.10 bits per heavy atom. The standard InChI is InChI=1S/C18H25Br2N/c1-2-7-21-18(16-11-15(19)5-6-17(16)20)10-14-9-12-3-4-13(14)8-12/h5-6,11-14,18,21H,2-4,7-10H2,1H3. The van der Waals surface area contributed by atoms with E-state index in [4.69, 9.17) is 0 Å². The molecule has 2 aliphatic rings. The van der Waals surface area contributed by atoms with Gasteiger partial charge in [-0.15, -0.1) is 0 Å². The zero-order chi connectivity index (χ0) is 14.8. The zero-order valence-electron chi connectivity index (χ0n) is 12.7. The molecule has 116 valence electrons. The molecule has 21 heavy (non-hydrogen) atoms. The number of halogens is 2. The Morgan fingerprint density at radius 3 is 2.76 bits per heavy atom. The molecule has 0 heterocycles. The van der Waals surface area contributed by atoms with Gasteiger partial charge in [-0.1, -0.05) is 45.2 Å². The van der Waals surface area contributed by atoms with Gasteiger partial charge in [-0.2, -0.15) is 0 Å². The first-order chi connectivity index (χ1) is 10.2. The maximum atomic E-state index is 3.79. The Balaban J connectivity index is 1.75. The van der Waals surface area contributed by atoms with Crippen molar-refractivity contribution >= 4 is 31.9 Å². The lowest BCUT2D eigenvalue weighted by Crippen LogP contribution is -2.26. The van der Waals surface area contributed by atoms with E-state index in [1.54, 1.807) is 0 Å². The number of nitrogens with one attached hydrogen (secondary N) is 1. The van der Waals surface area contributed by atoms with E-state index in [0.717, 1.165) is 24.3 Å². The molecular weight excluding hydrogens is 390 g/mol. The number of rotatable bonds is 6. The Bertz CT molecular complexity index is 488. The third kappa shape index (κ3) is 3.73. The SMILES string of the molecule is CCCNC(CC1CC2CCC1C2)c1cc(Br)ccc1Br. The van der Waals surface area contributed by atoms with Crippen LogP contribution in [0.1, 0.15) is 57.1 Å². The van der Waals surface area contributed by atoms with E-state index in [1.807, 2.05) is 0 Å². The van der Waals surface area contributed by atoms with Crippen molar-refractivity contribution < 1.29 is 0 Å². The van der Waals surface area contributed by atoms with E-state index in [9.17, 15) is 0 Å². The first-order valence-corrected chi connectivity index (χ1v) is 9.94. The minimum atomic E-state index is 0.487. The number of fused-ring (bicyclic) bond motifs is 2. The Labute approximate surface area is 145 Å². The highest BCUT2D eigenvalue weighted by atomic mass is 79.9. The summed E-state index contributed by atoms with van der Waals surface area (Å²) in [6.45, 7) is 3.35. The summed E-state index contributed by atoms with van der Waals surface area (Å²) >= 11 is 7.38. The highest BCUT2D eigenvalue weighted by Crippen LogP contribution is 2.51. The van der Waals surface area contributed by atoms with Crippen LogP contribution in [-0.4, -0.2) is 6.54 Å². The summed E-state index contributed by atoms with van der Waals surface area (Å²) in [4.78, 5) is 0. The van der Waals surface area contributed by atoms with Crippen LogP contribution in [0.25, 0.3) is 0 Å². The van der Waals surface area contributed by atoms with Crippen molar-refractivity contribution in [1.29, 1.82) is 0 Å². The summed E-state index contributed by atoms with van der Waals surface area (Å²) in [6, 6.07) is 7.05. The van der Waals surface area contributed by atoms with Crippen molar-refractivity contribution in [3.63, 3.8) is 0 Å². The minimum absolute atomic E-state index is 0.487. The minimum Gasteiger partial charge on any atom is -0.310 e. The van der Waals surface area contributed by atoms with Gasteiger partial charge in [-0.3, -0.25) is 0 Å². The van der Waals surface area contributed by atoms with Crippen LogP contribution in [0.15, 0.2) is 27.1 Å². The molecule has 2 bridgehead atoms. The normalized spacial score (nSPS) is 29.0. The van der Waals surface area contributed by atoms with Crippen molar-refractivity contribution in [1.82, 2.24) is 5.32 Å². The second kappa shape index (κ2) is 7.14. The predicted molar refractivity (Wildman–Crippen MR) is 96.4 cm³/mol. The Morgan fingerprint density at radius 1 is 1.24 bits per heavy atom. The molecule has 0 spiro atoms. The second-order valence-corrected chi connectivity index (χ2v) is 8.61. The van der Waals surface area contributed by atoms with Gasteiger partial charge in [-0.25, -0.2) is 0 Å². The molecule has 3 rings (SSSR count). The van der Waals surface area contributed by atoms with E-state index in [-0.39, 0.29) is 0 Å². The zero-order valence-corrected chi connectivity index (χ0v) is 15.9.